The number of ether oxygens (including phenoxy) is 1. The lowest BCUT2D eigenvalue weighted by Crippen LogP contribution is -2.39. The second kappa shape index (κ2) is 11.6. The summed E-state index contributed by atoms with van der Waals surface area (Å²) in [5.74, 6) is -2.79. The molecule has 1 amide bonds. The molecule has 0 aliphatic rings. The lowest BCUT2D eigenvalue weighted by atomic mass is 9.94. The molecular weight excluding hydrogens is 464 g/mol. The molecule has 3 aromatic rings. The average Bonchev–Trinajstić information content (AvgIpc) is 3.28. The second-order valence-corrected chi connectivity index (χ2v) is 8.54. The topological polar surface area (TPSA) is 96.8 Å². The van der Waals surface area contributed by atoms with E-state index in [2.05, 4.69) is 4.98 Å². The van der Waals surface area contributed by atoms with Gasteiger partial charge in [-0.3, -0.25) is 19.3 Å². The molecule has 1 heterocycles. The van der Waals surface area contributed by atoms with Crippen LogP contribution < -0.4 is 4.90 Å². The van der Waals surface area contributed by atoms with Crippen molar-refractivity contribution in [1.29, 1.82) is 0 Å². The first-order chi connectivity index (χ1) is 15.9. The second-order valence-electron chi connectivity index (χ2n) is 7.30. The third kappa shape index (κ3) is 6.63. The molecule has 0 radical (unpaired) electrons. The van der Waals surface area contributed by atoms with Gasteiger partial charge in [-0.25, -0.2) is 4.98 Å². The Morgan fingerprint density at radius 3 is 2.48 bits per heavy atom. The molecule has 0 saturated heterocycles. The van der Waals surface area contributed by atoms with Crippen molar-refractivity contribution in [3.63, 3.8) is 0 Å². The molecule has 0 saturated carbocycles. The van der Waals surface area contributed by atoms with Crippen molar-refractivity contribution in [3.05, 3.63) is 70.6 Å². The minimum Gasteiger partial charge on any atom is -0.481 e. The zero-order chi connectivity index (χ0) is 23.8. The Morgan fingerprint density at radius 1 is 1.12 bits per heavy atom. The minimum atomic E-state index is -1.08. The molecule has 9 heteroatoms. The molecule has 1 atom stereocenters. The number of methoxy groups -OCH3 is 1. The van der Waals surface area contributed by atoms with Crippen molar-refractivity contribution in [3.8, 4) is 11.3 Å². The van der Waals surface area contributed by atoms with Crippen molar-refractivity contribution in [1.82, 2.24) is 4.98 Å². The largest absolute Gasteiger partial charge is 0.481 e. The third-order valence-corrected chi connectivity index (χ3v) is 6.19. The Balaban J connectivity index is 1.92. The SMILES string of the molecule is COC(=O)CCN(C(=O)[C@@H](CC(=O)O)Cc1ccccc1)c1nc(-c2ccccc2Cl)cs1. The number of thiazole rings is 1. The van der Waals surface area contributed by atoms with E-state index in [1.54, 1.807) is 11.4 Å². The maximum Gasteiger partial charge on any atom is 0.307 e. The molecule has 33 heavy (non-hydrogen) atoms. The number of aromatic nitrogens is 1. The van der Waals surface area contributed by atoms with Gasteiger partial charge in [0.05, 0.1) is 31.6 Å². The summed E-state index contributed by atoms with van der Waals surface area (Å²) < 4.78 is 4.72. The number of carbonyl (C=O) groups is 3. The van der Waals surface area contributed by atoms with Crippen molar-refractivity contribution < 1.29 is 24.2 Å². The smallest absolute Gasteiger partial charge is 0.307 e. The predicted octanol–water partition coefficient (Wildman–Crippen LogP) is 4.69. The standard InChI is InChI=1S/C24H23ClN2O5S/c1-32-22(30)11-12-27(24-26-20(15-33-24)18-9-5-6-10-19(18)25)23(31)17(14-21(28)29)13-16-7-3-2-4-8-16/h2-10,15,17H,11-14H2,1H3,(H,28,29)/t17-/m1/s1. The number of amides is 1. The van der Waals surface area contributed by atoms with E-state index in [0.717, 1.165) is 5.56 Å². The van der Waals surface area contributed by atoms with Crippen LogP contribution in [0, 0.1) is 5.92 Å². The van der Waals surface area contributed by atoms with Gasteiger partial charge in [0.2, 0.25) is 5.91 Å². The Morgan fingerprint density at radius 2 is 1.82 bits per heavy atom. The number of nitrogens with zero attached hydrogens (tertiary/aromatic N) is 2. The van der Waals surface area contributed by atoms with Gasteiger partial charge in [0.25, 0.3) is 0 Å². The van der Waals surface area contributed by atoms with Crippen LogP contribution in [0.5, 0.6) is 0 Å². The zero-order valence-corrected chi connectivity index (χ0v) is 19.5. The van der Waals surface area contributed by atoms with Gasteiger partial charge in [-0.1, -0.05) is 60.1 Å². The van der Waals surface area contributed by atoms with Gasteiger partial charge in [0, 0.05) is 22.5 Å². The number of halogens is 1. The van der Waals surface area contributed by atoms with Gasteiger partial charge >= 0.3 is 11.9 Å². The monoisotopic (exact) mass is 486 g/mol. The van der Waals surface area contributed by atoms with Crippen LogP contribution >= 0.6 is 22.9 Å². The molecule has 3 rings (SSSR count). The van der Waals surface area contributed by atoms with Crippen molar-refractivity contribution >= 4 is 45.9 Å². The molecule has 0 aliphatic carbocycles. The number of aliphatic carboxylic acids is 1. The molecule has 2 aromatic carbocycles. The Labute approximate surface area is 200 Å². The highest BCUT2D eigenvalue weighted by molar-refractivity contribution is 7.14. The summed E-state index contributed by atoms with van der Waals surface area (Å²) in [5.41, 5.74) is 2.16. The Kier molecular flexibility index (Phi) is 8.57. The number of carboxylic acids is 1. The first-order valence-corrected chi connectivity index (χ1v) is 11.5. The summed E-state index contributed by atoms with van der Waals surface area (Å²) in [6, 6.07) is 16.4. The maximum atomic E-state index is 13.5. The van der Waals surface area contributed by atoms with E-state index < -0.39 is 23.8 Å². The van der Waals surface area contributed by atoms with Crippen LogP contribution in [0.25, 0.3) is 11.3 Å². The summed E-state index contributed by atoms with van der Waals surface area (Å²) >= 11 is 7.51. The Hall–Kier alpha value is -3.23. The van der Waals surface area contributed by atoms with Crippen LogP contribution in [0.1, 0.15) is 18.4 Å². The Bertz CT molecular complexity index is 1120. The van der Waals surface area contributed by atoms with E-state index in [-0.39, 0.29) is 25.8 Å². The molecule has 0 spiro atoms. The minimum absolute atomic E-state index is 0.0197. The molecule has 0 fully saturated rings. The quantitative estimate of drug-likeness (QED) is 0.417. The molecule has 1 N–H and O–H groups in total. The van der Waals surface area contributed by atoms with Crippen LogP contribution in [0.2, 0.25) is 5.02 Å². The van der Waals surface area contributed by atoms with E-state index in [0.29, 0.717) is 21.4 Å². The van der Waals surface area contributed by atoms with E-state index in [4.69, 9.17) is 16.3 Å². The average molecular weight is 487 g/mol. The number of esters is 1. The predicted molar refractivity (Wildman–Crippen MR) is 127 cm³/mol. The van der Waals surface area contributed by atoms with Gasteiger partial charge in [0.1, 0.15) is 0 Å². The number of carbonyl (C=O) groups excluding carboxylic acids is 2. The fraction of sp³-hybridized carbons (Fsp3) is 0.250. The van der Waals surface area contributed by atoms with Crippen LogP contribution in [0.15, 0.2) is 60.0 Å². The number of hydrogen-bond donors (Lipinski definition) is 1. The normalized spacial score (nSPS) is 11.6. The lowest BCUT2D eigenvalue weighted by Gasteiger charge is -2.24. The molecule has 172 valence electrons. The van der Waals surface area contributed by atoms with Gasteiger partial charge in [-0.05, 0) is 18.1 Å². The zero-order valence-electron chi connectivity index (χ0n) is 17.9. The first kappa shape index (κ1) is 24.4. The summed E-state index contributed by atoms with van der Waals surface area (Å²) in [7, 11) is 1.27. The third-order valence-electron chi connectivity index (χ3n) is 5.00. The van der Waals surface area contributed by atoms with Crippen LogP contribution in [0.4, 0.5) is 5.13 Å². The number of hydrogen-bond acceptors (Lipinski definition) is 6. The molecule has 7 nitrogen and oxygen atoms in total. The van der Waals surface area contributed by atoms with Crippen molar-refractivity contribution in [2.45, 2.75) is 19.3 Å². The first-order valence-electron chi connectivity index (χ1n) is 10.2. The highest BCUT2D eigenvalue weighted by atomic mass is 35.5. The van der Waals surface area contributed by atoms with Crippen LogP contribution in [0.3, 0.4) is 0 Å². The lowest BCUT2D eigenvalue weighted by molar-refractivity contribution is -0.141. The van der Waals surface area contributed by atoms with Gasteiger partial charge in [-0.2, -0.15) is 0 Å². The molecular formula is C24H23ClN2O5S. The van der Waals surface area contributed by atoms with Crippen molar-refractivity contribution in [2.24, 2.45) is 5.92 Å². The maximum absolute atomic E-state index is 13.5. The molecule has 0 aliphatic heterocycles. The highest BCUT2D eigenvalue weighted by Crippen LogP contribution is 2.33. The number of benzene rings is 2. The van der Waals surface area contributed by atoms with E-state index in [1.165, 1.54) is 23.3 Å². The summed E-state index contributed by atoms with van der Waals surface area (Å²) in [5, 5.41) is 12.1. The van der Waals surface area contributed by atoms with Gasteiger partial charge < -0.3 is 9.84 Å². The van der Waals surface area contributed by atoms with Crippen LogP contribution in [-0.2, 0) is 25.5 Å². The summed E-state index contributed by atoms with van der Waals surface area (Å²) in [6.45, 7) is 0.0197. The van der Waals surface area contributed by atoms with E-state index >= 15 is 0 Å². The van der Waals surface area contributed by atoms with E-state index in [1.807, 2.05) is 48.5 Å². The summed E-state index contributed by atoms with van der Waals surface area (Å²) in [6.07, 6.45) is -0.136. The number of anilines is 1. The summed E-state index contributed by atoms with van der Waals surface area (Å²) in [4.78, 5) is 42.8. The number of carboxylic acid groups (broad SMARTS) is 1. The van der Waals surface area contributed by atoms with E-state index in [9.17, 15) is 19.5 Å². The molecule has 0 unspecified atom stereocenters. The van der Waals surface area contributed by atoms with Crippen LogP contribution in [-0.4, -0.2) is 41.6 Å². The fourth-order valence-corrected chi connectivity index (χ4v) is 4.45. The fourth-order valence-electron chi connectivity index (χ4n) is 3.36. The van der Waals surface area contributed by atoms with Gasteiger partial charge in [0.15, 0.2) is 5.13 Å². The highest BCUT2D eigenvalue weighted by Gasteiger charge is 2.30. The number of rotatable bonds is 10. The molecule has 1 aromatic heterocycles. The van der Waals surface area contributed by atoms with Crippen molar-refractivity contribution in [2.75, 3.05) is 18.6 Å². The van der Waals surface area contributed by atoms with Gasteiger partial charge in [-0.15, -0.1) is 11.3 Å². The molecule has 0 bridgehead atoms.